The quantitative estimate of drug-likeness (QED) is 0.267. The number of hydrogen-bond acceptors (Lipinski definition) is 9. The summed E-state index contributed by atoms with van der Waals surface area (Å²) in [5, 5.41) is 26.5. The summed E-state index contributed by atoms with van der Waals surface area (Å²) in [6.07, 6.45) is 3.04. The number of anilines is 2. The molecule has 0 spiro atoms. The smallest absolute Gasteiger partial charge is 0.339 e. The van der Waals surface area contributed by atoms with Crippen molar-refractivity contribution in [1.29, 1.82) is 5.26 Å². The summed E-state index contributed by atoms with van der Waals surface area (Å²) in [5.74, 6) is 0.603. The topological polar surface area (TPSA) is 131 Å². The van der Waals surface area contributed by atoms with Crippen LogP contribution in [0.5, 0.6) is 0 Å². The highest BCUT2D eigenvalue weighted by molar-refractivity contribution is 7.20. The Bertz CT molecular complexity index is 1350. The lowest BCUT2D eigenvalue weighted by atomic mass is 10.0. The van der Waals surface area contributed by atoms with Crippen molar-refractivity contribution in [2.75, 3.05) is 36.5 Å². The highest BCUT2D eigenvalue weighted by Crippen LogP contribution is 2.46. The highest BCUT2D eigenvalue weighted by atomic mass is 32.1. The van der Waals surface area contributed by atoms with Crippen molar-refractivity contribution in [3.05, 3.63) is 58.5 Å². The van der Waals surface area contributed by atoms with Crippen molar-refractivity contribution >= 4 is 45.6 Å². The number of H-pyrrole nitrogens is 1. The van der Waals surface area contributed by atoms with Crippen molar-refractivity contribution in [1.82, 2.24) is 20.6 Å². The third-order valence-corrected chi connectivity index (χ3v) is 7.33. The minimum Gasteiger partial charge on any atom is -0.378 e. The molecule has 0 atom stereocenters. The molecule has 1 fully saturated rings. The normalized spacial score (nSPS) is 13.6. The summed E-state index contributed by atoms with van der Waals surface area (Å²) >= 11 is 3.04. The van der Waals surface area contributed by atoms with Gasteiger partial charge in [-0.25, -0.2) is 15.2 Å². The van der Waals surface area contributed by atoms with Crippen LogP contribution in [0.25, 0.3) is 21.8 Å². The molecule has 0 saturated carbocycles. The average Bonchev–Trinajstić information content (AvgIpc) is 3.66. The molecule has 3 aromatic heterocycles. The molecule has 5 rings (SSSR count). The Hall–Kier alpha value is -4.05. The van der Waals surface area contributed by atoms with Gasteiger partial charge < -0.3 is 15.0 Å². The summed E-state index contributed by atoms with van der Waals surface area (Å²) in [6, 6.07) is 13.1. The van der Waals surface area contributed by atoms with Crippen LogP contribution in [0, 0.1) is 11.3 Å². The fraction of sp³-hybridized carbons (Fsp3) is 0.174. The van der Waals surface area contributed by atoms with Gasteiger partial charge in [-0.15, -0.1) is 22.7 Å². The minimum atomic E-state index is -0.448. The number of hydrogen-bond donors (Lipinski definition) is 3. The van der Waals surface area contributed by atoms with E-state index in [1.54, 1.807) is 18.3 Å². The molecule has 4 aromatic rings. The molecule has 35 heavy (non-hydrogen) atoms. The lowest BCUT2D eigenvalue weighted by molar-refractivity contribution is 0.123. The Balaban J connectivity index is 1.39. The Labute approximate surface area is 208 Å². The molecule has 12 heteroatoms. The molecule has 176 valence electrons. The first-order chi connectivity index (χ1) is 17.2. The van der Waals surface area contributed by atoms with Gasteiger partial charge in [0.15, 0.2) is 5.82 Å². The maximum Gasteiger partial charge on any atom is 0.339 e. The number of benzene rings is 1. The van der Waals surface area contributed by atoms with Gasteiger partial charge in [0.2, 0.25) is 0 Å². The molecule has 1 aliphatic heterocycles. The highest BCUT2D eigenvalue weighted by Gasteiger charge is 2.26. The lowest BCUT2D eigenvalue weighted by Gasteiger charge is -2.27. The lowest BCUT2D eigenvalue weighted by Crippen LogP contribution is -2.36. The second-order valence-corrected chi connectivity index (χ2v) is 9.43. The number of carbonyl (C=O) groups is 1. The van der Waals surface area contributed by atoms with Gasteiger partial charge in [0.1, 0.15) is 17.4 Å². The number of nitriles is 1. The molecule has 1 aromatic carbocycles. The third-order valence-electron chi connectivity index (χ3n) is 5.26. The first-order valence-corrected chi connectivity index (χ1v) is 12.4. The van der Waals surface area contributed by atoms with Gasteiger partial charge in [-0.1, -0.05) is 18.2 Å². The monoisotopic (exact) mass is 504 g/mol. The van der Waals surface area contributed by atoms with Crippen molar-refractivity contribution in [2.45, 2.75) is 0 Å². The van der Waals surface area contributed by atoms with Crippen molar-refractivity contribution in [2.24, 2.45) is 5.10 Å². The first-order valence-electron chi connectivity index (χ1n) is 10.7. The van der Waals surface area contributed by atoms with E-state index in [4.69, 9.17) is 4.74 Å². The Morgan fingerprint density at radius 2 is 2.09 bits per heavy atom. The average molecular weight is 505 g/mol. The van der Waals surface area contributed by atoms with E-state index in [9.17, 15) is 10.1 Å². The predicted molar refractivity (Wildman–Crippen MR) is 137 cm³/mol. The fourth-order valence-corrected chi connectivity index (χ4v) is 5.52. The predicted octanol–water partition coefficient (Wildman–Crippen LogP) is 4.13. The van der Waals surface area contributed by atoms with E-state index in [2.05, 4.69) is 42.0 Å². The molecule has 0 radical (unpaired) electrons. The number of urea groups is 1. The van der Waals surface area contributed by atoms with Gasteiger partial charge in [0.05, 0.1) is 29.9 Å². The molecule has 0 unspecified atom stereocenters. The van der Waals surface area contributed by atoms with Crippen LogP contribution in [0.2, 0.25) is 0 Å². The number of nitrogens with zero attached hydrogens (tertiary/aromatic N) is 5. The van der Waals surface area contributed by atoms with Gasteiger partial charge >= 0.3 is 6.03 Å². The zero-order chi connectivity index (χ0) is 24.0. The van der Waals surface area contributed by atoms with Crippen molar-refractivity contribution in [3.8, 4) is 27.9 Å². The summed E-state index contributed by atoms with van der Waals surface area (Å²) < 4.78 is 5.48. The molecule has 2 amide bonds. The maximum absolute atomic E-state index is 12.2. The molecule has 0 bridgehead atoms. The van der Waals surface area contributed by atoms with Crippen LogP contribution >= 0.6 is 22.7 Å². The van der Waals surface area contributed by atoms with Gasteiger partial charge in [-0.2, -0.15) is 15.5 Å². The van der Waals surface area contributed by atoms with Gasteiger partial charge in [0.25, 0.3) is 0 Å². The van der Waals surface area contributed by atoms with Crippen LogP contribution in [0.15, 0.2) is 53.2 Å². The van der Waals surface area contributed by atoms with Crippen LogP contribution in [-0.2, 0) is 4.74 Å². The van der Waals surface area contributed by atoms with Gasteiger partial charge in [-0.05, 0) is 29.1 Å². The van der Waals surface area contributed by atoms with E-state index in [-0.39, 0.29) is 0 Å². The number of aromatic nitrogens is 3. The summed E-state index contributed by atoms with van der Waals surface area (Å²) in [7, 11) is 0. The van der Waals surface area contributed by atoms with Crippen LogP contribution < -0.4 is 15.6 Å². The number of nitrogens with one attached hydrogen (secondary N) is 3. The Morgan fingerprint density at radius 3 is 2.77 bits per heavy atom. The van der Waals surface area contributed by atoms with E-state index < -0.39 is 6.03 Å². The number of rotatable bonds is 6. The number of carbonyl (C=O) groups excluding carboxylic acids is 1. The standard InChI is InChI=1S/C23H20N8O2S2/c24-12-18-19(20(21-25-14-27-29-21)35-22(18)31-7-9-33-10-8-31)15-3-5-16(6-4-15)28-23(32)30-26-13-17-2-1-11-34-17/h1-6,11,13-14H,7-10H2,(H,25,27,29)(H2,28,30,32)/b26-13+. The van der Waals surface area contributed by atoms with E-state index in [1.165, 1.54) is 29.0 Å². The van der Waals surface area contributed by atoms with E-state index in [0.717, 1.165) is 39.0 Å². The van der Waals surface area contributed by atoms with E-state index in [0.29, 0.717) is 30.3 Å². The van der Waals surface area contributed by atoms with E-state index in [1.807, 2.05) is 29.6 Å². The van der Waals surface area contributed by atoms with Gasteiger partial charge in [0, 0.05) is 29.2 Å². The molecule has 3 N–H and O–H groups in total. The minimum absolute atomic E-state index is 0.448. The number of thiophene rings is 2. The second kappa shape index (κ2) is 10.5. The summed E-state index contributed by atoms with van der Waals surface area (Å²) in [5.41, 5.74) is 5.26. The molecule has 10 nitrogen and oxygen atoms in total. The zero-order valence-electron chi connectivity index (χ0n) is 18.4. The number of hydrazone groups is 1. The van der Waals surface area contributed by atoms with Crippen molar-refractivity contribution < 1.29 is 9.53 Å². The van der Waals surface area contributed by atoms with Crippen molar-refractivity contribution in [3.63, 3.8) is 0 Å². The molecule has 1 aliphatic rings. The van der Waals surface area contributed by atoms with Crippen LogP contribution in [0.1, 0.15) is 10.4 Å². The Morgan fingerprint density at radius 1 is 1.26 bits per heavy atom. The van der Waals surface area contributed by atoms with Gasteiger partial charge in [-0.3, -0.25) is 5.10 Å². The fourth-order valence-electron chi connectivity index (χ4n) is 3.67. The molecular formula is C23H20N8O2S2. The first kappa shape index (κ1) is 22.7. The summed E-state index contributed by atoms with van der Waals surface area (Å²) in [6.45, 7) is 2.68. The molecule has 1 saturated heterocycles. The molecule has 0 aliphatic carbocycles. The molecule has 4 heterocycles. The number of morpholine rings is 1. The number of ether oxygens (including phenoxy) is 1. The number of aromatic amines is 1. The molecular weight excluding hydrogens is 484 g/mol. The van der Waals surface area contributed by atoms with Crippen LogP contribution in [-0.4, -0.2) is 53.7 Å². The zero-order valence-corrected chi connectivity index (χ0v) is 20.0. The van der Waals surface area contributed by atoms with E-state index >= 15 is 0 Å². The SMILES string of the molecule is N#Cc1c(N2CCOCC2)sc(-c2ncn[nH]2)c1-c1ccc(NC(=O)N/N=C/c2cccs2)cc1. The second-order valence-electron chi connectivity index (χ2n) is 7.45. The Kier molecular flexibility index (Phi) is 6.80. The third kappa shape index (κ3) is 5.07. The van der Waals surface area contributed by atoms with Crippen LogP contribution in [0.3, 0.4) is 0 Å². The largest absolute Gasteiger partial charge is 0.378 e. The number of amides is 2. The summed E-state index contributed by atoms with van der Waals surface area (Å²) in [4.78, 5) is 20.4. The maximum atomic E-state index is 12.2. The van der Waals surface area contributed by atoms with Crippen LogP contribution in [0.4, 0.5) is 15.5 Å².